The van der Waals surface area contributed by atoms with Crippen LogP contribution in [0.4, 0.5) is 0 Å². The van der Waals surface area contributed by atoms with Crippen LogP contribution in [-0.4, -0.2) is 36.5 Å². The standard InChI is InChI=1S/C13H24N2O/c1-6-8-15(9-7-2)10-13(16)14-12(5)11(3)4/h6-7,11-12H,1-2,8-10H2,3-5H3,(H,14,16). The Bertz CT molecular complexity index is 226. The molecule has 1 atom stereocenters. The van der Waals surface area contributed by atoms with Crippen molar-refractivity contribution in [2.75, 3.05) is 19.6 Å². The summed E-state index contributed by atoms with van der Waals surface area (Å²) in [7, 11) is 0. The number of carbonyl (C=O) groups excluding carboxylic acids is 1. The van der Waals surface area contributed by atoms with Crippen molar-refractivity contribution in [3.8, 4) is 0 Å². The quantitative estimate of drug-likeness (QED) is 0.638. The second-order valence-electron chi connectivity index (χ2n) is 4.37. The molecule has 0 aromatic carbocycles. The van der Waals surface area contributed by atoms with Gasteiger partial charge in [-0.05, 0) is 12.8 Å². The third-order valence-corrected chi connectivity index (χ3v) is 2.53. The van der Waals surface area contributed by atoms with Crippen molar-refractivity contribution in [1.29, 1.82) is 0 Å². The number of hydrogen-bond donors (Lipinski definition) is 1. The molecule has 92 valence electrons. The number of rotatable bonds is 8. The fourth-order valence-electron chi connectivity index (χ4n) is 1.24. The number of nitrogens with one attached hydrogen (secondary N) is 1. The van der Waals surface area contributed by atoms with Gasteiger partial charge in [0.05, 0.1) is 6.54 Å². The maximum atomic E-state index is 11.7. The van der Waals surface area contributed by atoms with Crippen molar-refractivity contribution in [2.45, 2.75) is 26.8 Å². The van der Waals surface area contributed by atoms with Crippen LogP contribution in [0.3, 0.4) is 0 Å². The predicted octanol–water partition coefficient (Wildman–Crippen LogP) is 1.82. The van der Waals surface area contributed by atoms with Crippen molar-refractivity contribution in [3.05, 3.63) is 25.3 Å². The first-order chi connectivity index (χ1) is 7.51. The lowest BCUT2D eigenvalue weighted by atomic mass is 10.1. The van der Waals surface area contributed by atoms with E-state index < -0.39 is 0 Å². The number of carbonyl (C=O) groups is 1. The topological polar surface area (TPSA) is 32.3 Å². The molecule has 3 heteroatoms. The van der Waals surface area contributed by atoms with E-state index in [0.717, 1.165) is 0 Å². The van der Waals surface area contributed by atoms with Crippen LogP contribution in [0.1, 0.15) is 20.8 Å². The average Bonchev–Trinajstić information content (AvgIpc) is 2.17. The molecular formula is C13H24N2O. The van der Waals surface area contributed by atoms with Crippen LogP contribution in [0.25, 0.3) is 0 Å². The Morgan fingerprint density at radius 1 is 1.25 bits per heavy atom. The third-order valence-electron chi connectivity index (χ3n) is 2.53. The van der Waals surface area contributed by atoms with E-state index in [1.54, 1.807) is 12.2 Å². The molecule has 0 bridgehead atoms. The normalized spacial score (nSPS) is 12.6. The second-order valence-corrected chi connectivity index (χ2v) is 4.37. The highest BCUT2D eigenvalue weighted by molar-refractivity contribution is 5.78. The second kappa shape index (κ2) is 8.11. The Labute approximate surface area is 99.2 Å². The Hall–Kier alpha value is -1.09. The maximum absolute atomic E-state index is 11.7. The summed E-state index contributed by atoms with van der Waals surface area (Å²) in [6, 6.07) is 0.210. The van der Waals surface area contributed by atoms with E-state index in [2.05, 4.69) is 32.3 Å². The van der Waals surface area contributed by atoms with Crippen LogP contribution in [0, 0.1) is 5.92 Å². The minimum Gasteiger partial charge on any atom is -0.352 e. The molecule has 0 heterocycles. The van der Waals surface area contributed by atoms with Crippen molar-refractivity contribution in [1.82, 2.24) is 10.2 Å². The van der Waals surface area contributed by atoms with E-state index in [-0.39, 0.29) is 11.9 Å². The molecule has 16 heavy (non-hydrogen) atoms. The maximum Gasteiger partial charge on any atom is 0.234 e. The number of nitrogens with zero attached hydrogens (tertiary/aromatic N) is 1. The first-order valence-electron chi connectivity index (χ1n) is 5.74. The van der Waals surface area contributed by atoms with Crippen LogP contribution in [-0.2, 0) is 4.79 Å². The van der Waals surface area contributed by atoms with Crippen LogP contribution in [0.5, 0.6) is 0 Å². The summed E-state index contributed by atoms with van der Waals surface area (Å²) in [5.74, 6) is 0.515. The van der Waals surface area contributed by atoms with Crippen LogP contribution in [0.15, 0.2) is 25.3 Å². The van der Waals surface area contributed by atoms with Gasteiger partial charge in [-0.15, -0.1) is 13.2 Å². The lowest BCUT2D eigenvalue weighted by molar-refractivity contribution is -0.122. The Morgan fingerprint density at radius 2 is 1.75 bits per heavy atom. The van der Waals surface area contributed by atoms with Gasteiger partial charge in [-0.1, -0.05) is 26.0 Å². The molecule has 0 aromatic rings. The van der Waals surface area contributed by atoms with Gasteiger partial charge in [0.15, 0.2) is 0 Å². The van der Waals surface area contributed by atoms with Crippen molar-refractivity contribution in [2.24, 2.45) is 5.92 Å². The van der Waals surface area contributed by atoms with E-state index >= 15 is 0 Å². The molecule has 1 amide bonds. The summed E-state index contributed by atoms with van der Waals surface area (Å²) in [6.45, 7) is 15.4. The summed E-state index contributed by atoms with van der Waals surface area (Å²) in [5, 5.41) is 2.98. The zero-order valence-corrected chi connectivity index (χ0v) is 10.7. The Morgan fingerprint density at radius 3 is 2.12 bits per heavy atom. The fraction of sp³-hybridized carbons (Fsp3) is 0.615. The van der Waals surface area contributed by atoms with Gasteiger partial charge in [-0.25, -0.2) is 0 Å². The Kier molecular flexibility index (Phi) is 7.56. The van der Waals surface area contributed by atoms with E-state index in [0.29, 0.717) is 25.6 Å². The van der Waals surface area contributed by atoms with E-state index in [9.17, 15) is 4.79 Å². The van der Waals surface area contributed by atoms with Gasteiger partial charge in [-0.2, -0.15) is 0 Å². The highest BCUT2D eigenvalue weighted by atomic mass is 16.2. The molecule has 0 rings (SSSR count). The van der Waals surface area contributed by atoms with E-state index in [1.165, 1.54) is 0 Å². The van der Waals surface area contributed by atoms with Gasteiger partial charge >= 0.3 is 0 Å². The molecule has 0 aliphatic rings. The smallest absolute Gasteiger partial charge is 0.234 e. The zero-order valence-electron chi connectivity index (χ0n) is 10.7. The highest BCUT2D eigenvalue weighted by Crippen LogP contribution is 1.99. The minimum absolute atomic E-state index is 0.0601. The lowest BCUT2D eigenvalue weighted by Crippen LogP contribution is -2.43. The Balaban J connectivity index is 4.07. The highest BCUT2D eigenvalue weighted by Gasteiger charge is 2.12. The van der Waals surface area contributed by atoms with E-state index in [1.807, 2.05) is 11.8 Å². The molecule has 0 fully saturated rings. The largest absolute Gasteiger partial charge is 0.352 e. The first-order valence-corrected chi connectivity index (χ1v) is 5.74. The molecule has 1 unspecified atom stereocenters. The fourth-order valence-corrected chi connectivity index (χ4v) is 1.24. The molecule has 0 saturated heterocycles. The lowest BCUT2D eigenvalue weighted by Gasteiger charge is -2.22. The molecule has 1 N–H and O–H groups in total. The summed E-state index contributed by atoms with van der Waals surface area (Å²) in [4.78, 5) is 13.7. The van der Waals surface area contributed by atoms with Crippen LogP contribution in [0.2, 0.25) is 0 Å². The monoisotopic (exact) mass is 224 g/mol. The SMILES string of the molecule is C=CCN(CC=C)CC(=O)NC(C)C(C)C. The van der Waals surface area contributed by atoms with Crippen molar-refractivity contribution >= 4 is 5.91 Å². The van der Waals surface area contributed by atoms with Crippen LogP contribution < -0.4 is 5.32 Å². The van der Waals surface area contributed by atoms with Crippen LogP contribution >= 0.6 is 0 Å². The molecule has 0 aromatic heterocycles. The summed E-state index contributed by atoms with van der Waals surface area (Å²) < 4.78 is 0. The summed E-state index contributed by atoms with van der Waals surface area (Å²) in [6.07, 6.45) is 3.59. The van der Waals surface area contributed by atoms with Gasteiger partial charge in [0, 0.05) is 19.1 Å². The zero-order chi connectivity index (χ0) is 12.6. The molecule has 0 spiro atoms. The molecule has 0 saturated carbocycles. The number of amides is 1. The summed E-state index contributed by atoms with van der Waals surface area (Å²) in [5.41, 5.74) is 0. The van der Waals surface area contributed by atoms with Gasteiger partial charge in [0.1, 0.15) is 0 Å². The number of hydrogen-bond acceptors (Lipinski definition) is 2. The average molecular weight is 224 g/mol. The summed E-state index contributed by atoms with van der Waals surface area (Å²) >= 11 is 0. The van der Waals surface area contributed by atoms with Crippen molar-refractivity contribution in [3.63, 3.8) is 0 Å². The van der Waals surface area contributed by atoms with Crippen molar-refractivity contribution < 1.29 is 4.79 Å². The predicted molar refractivity (Wildman–Crippen MR) is 69.3 cm³/mol. The molecule has 0 aliphatic carbocycles. The third kappa shape index (κ3) is 6.40. The van der Waals surface area contributed by atoms with E-state index in [4.69, 9.17) is 0 Å². The van der Waals surface area contributed by atoms with Gasteiger partial charge in [0.2, 0.25) is 5.91 Å². The molecule has 0 aliphatic heterocycles. The molecule has 3 nitrogen and oxygen atoms in total. The minimum atomic E-state index is 0.0601. The molecule has 0 radical (unpaired) electrons. The van der Waals surface area contributed by atoms with Gasteiger partial charge in [0.25, 0.3) is 0 Å². The van der Waals surface area contributed by atoms with Gasteiger partial charge < -0.3 is 5.32 Å². The first kappa shape index (κ1) is 14.9. The molecular weight excluding hydrogens is 200 g/mol. The van der Waals surface area contributed by atoms with Gasteiger partial charge in [-0.3, -0.25) is 9.69 Å².